The van der Waals surface area contributed by atoms with Gasteiger partial charge in [0.15, 0.2) is 9.84 Å². The van der Waals surface area contributed by atoms with Crippen LogP contribution in [-0.2, 0) is 9.84 Å². The summed E-state index contributed by atoms with van der Waals surface area (Å²) in [7, 11) is -2.89. The highest BCUT2D eigenvalue weighted by Crippen LogP contribution is 2.25. The smallest absolute Gasteiger partial charge is 0.153 e. The Morgan fingerprint density at radius 1 is 1.11 bits per heavy atom. The number of sulfone groups is 1. The van der Waals surface area contributed by atoms with Crippen molar-refractivity contribution in [1.29, 1.82) is 0 Å². The van der Waals surface area contributed by atoms with Gasteiger partial charge in [-0.05, 0) is 18.2 Å². The minimum atomic E-state index is -2.89. The first kappa shape index (κ1) is 12.2. The van der Waals surface area contributed by atoms with E-state index in [-0.39, 0.29) is 17.3 Å². The van der Waals surface area contributed by atoms with Gasteiger partial charge in [0.1, 0.15) is 17.1 Å². The molecule has 0 amide bonds. The number of nitrogens with zero attached hydrogens (tertiary/aromatic N) is 2. The van der Waals surface area contributed by atoms with E-state index in [1.165, 1.54) is 0 Å². The van der Waals surface area contributed by atoms with Gasteiger partial charge in [-0.2, -0.15) is 0 Å². The fraction of sp³-hybridized carbons (Fsp3) is 0.308. The Morgan fingerprint density at radius 2 is 1.84 bits per heavy atom. The standard InChI is InChI=1S/C13H14N2O3S/c16-11-3-1-2-10-4-5-12(14-13(10)11)15-6-8-19(17,18)9-7-15/h1-5,16H,6-9H2. The normalized spacial score (nSPS) is 18.6. The van der Waals surface area contributed by atoms with E-state index in [1.807, 2.05) is 23.1 Å². The van der Waals surface area contributed by atoms with Crippen LogP contribution >= 0.6 is 0 Å². The van der Waals surface area contributed by atoms with Crippen molar-refractivity contribution in [2.75, 3.05) is 29.5 Å². The van der Waals surface area contributed by atoms with Gasteiger partial charge < -0.3 is 10.0 Å². The number of hydrogen-bond donors (Lipinski definition) is 1. The molecule has 5 nitrogen and oxygen atoms in total. The van der Waals surface area contributed by atoms with Gasteiger partial charge in [-0.3, -0.25) is 0 Å². The Hall–Kier alpha value is -1.82. The Balaban J connectivity index is 1.96. The van der Waals surface area contributed by atoms with E-state index >= 15 is 0 Å². The van der Waals surface area contributed by atoms with E-state index in [4.69, 9.17) is 0 Å². The van der Waals surface area contributed by atoms with Gasteiger partial charge in [0.25, 0.3) is 0 Å². The van der Waals surface area contributed by atoms with Crippen molar-refractivity contribution in [3.8, 4) is 5.75 Å². The minimum Gasteiger partial charge on any atom is -0.506 e. The van der Waals surface area contributed by atoms with Crippen LogP contribution in [0.15, 0.2) is 30.3 Å². The molecule has 1 fully saturated rings. The second-order valence-corrected chi connectivity index (χ2v) is 6.96. The molecule has 1 aromatic carbocycles. The monoisotopic (exact) mass is 278 g/mol. The molecule has 0 bridgehead atoms. The molecular weight excluding hydrogens is 264 g/mol. The maximum atomic E-state index is 11.4. The molecule has 19 heavy (non-hydrogen) atoms. The van der Waals surface area contributed by atoms with Crippen LogP contribution in [0.4, 0.5) is 5.82 Å². The predicted octanol–water partition coefficient (Wildman–Crippen LogP) is 1.18. The lowest BCUT2D eigenvalue weighted by atomic mass is 10.2. The zero-order valence-corrected chi connectivity index (χ0v) is 11.1. The summed E-state index contributed by atoms with van der Waals surface area (Å²) in [4.78, 5) is 6.36. The maximum absolute atomic E-state index is 11.4. The van der Waals surface area contributed by atoms with Crippen molar-refractivity contribution in [3.05, 3.63) is 30.3 Å². The maximum Gasteiger partial charge on any atom is 0.153 e. The molecule has 0 spiro atoms. The van der Waals surface area contributed by atoms with Gasteiger partial charge in [0, 0.05) is 18.5 Å². The van der Waals surface area contributed by atoms with Crippen molar-refractivity contribution in [1.82, 2.24) is 4.98 Å². The largest absolute Gasteiger partial charge is 0.506 e. The molecule has 2 aromatic rings. The number of anilines is 1. The second kappa shape index (κ2) is 4.38. The molecule has 0 saturated carbocycles. The summed E-state index contributed by atoms with van der Waals surface area (Å²) in [6.07, 6.45) is 0. The molecular formula is C13H14N2O3S. The highest BCUT2D eigenvalue weighted by Gasteiger charge is 2.22. The molecule has 0 atom stereocenters. The summed E-state index contributed by atoms with van der Waals surface area (Å²) in [5.41, 5.74) is 0.549. The molecule has 1 aliphatic heterocycles. The number of aromatic nitrogens is 1. The third kappa shape index (κ3) is 2.35. The molecule has 6 heteroatoms. The number of para-hydroxylation sites is 1. The minimum absolute atomic E-state index is 0.143. The number of fused-ring (bicyclic) bond motifs is 1. The summed E-state index contributed by atoms with van der Waals surface area (Å²) < 4.78 is 22.8. The highest BCUT2D eigenvalue weighted by atomic mass is 32.2. The van der Waals surface area contributed by atoms with Gasteiger partial charge in [-0.15, -0.1) is 0 Å². The highest BCUT2D eigenvalue weighted by molar-refractivity contribution is 7.91. The zero-order chi connectivity index (χ0) is 13.5. The van der Waals surface area contributed by atoms with Crippen molar-refractivity contribution < 1.29 is 13.5 Å². The molecule has 0 aliphatic carbocycles. The number of pyridine rings is 1. The molecule has 100 valence electrons. The Bertz CT molecular complexity index is 714. The van der Waals surface area contributed by atoms with Crippen molar-refractivity contribution >= 4 is 26.6 Å². The zero-order valence-electron chi connectivity index (χ0n) is 10.3. The fourth-order valence-electron chi connectivity index (χ4n) is 2.24. The van der Waals surface area contributed by atoms with Crippen LogP contribution in [0.25, 0.3) is 10.9 Å². The van der Waals surface area contributed by atoms with E-state index in [0.29, 0.717) is 24.4 Å². The predicted molar refractivity (Wildman–Crippen MR) is 74.3 cm³/mol. The van der Waals surface area contributed by atoms with Crippen LogP contribution < -0.4 is 4.90 Å². The first-order chi connectivity index (χ1) is 9.05. The number of rotatable bonds is 1. The topological polar surface area (TPSA) is 70.5 Å². The fourth-order valence-corrected chi connectivity index (χ4v) is 3.44. The van der Waals surface area contributed by atoms with E-state index in [1.54, 1.807) is 12.1 Å². The first-order valence-corrected chi connectivity index (χ1v) is 7.91. The lowest BCUT2D eigenvalue weighted by Crippen LogP contribution is -2.40. The van der Waals surface area contributed by atoms with Gasteiger partial charge >= 0.3 is 0 Å². The van der Waals surface area contributed by atoms with Gasteiger partial charge in [0.2, 0.25) is 0 Å². The van der Waals surface area contributed by atoms with Crippen LogP contribution in [0.2, 0.25) is 0 Å². The quantitative estimate of drug-likeness (QED) is 0.848. The molecule has 1 aliphatic rings. The molecule has 1 aromatic heterocycles. The third-order valence-electron chi connectivity index (χ3n) is 3.35. The van der Waals surface area contributed by atoms with Crippen molar-refractivity contribution in [2.45, 2.75) is 0 Å². The number of benzene rings is 1. The molecule has 3 rings (SSSR count). The van der Waals surface area contributed by atoms with E-state index in [0.717, 1.165) is 5.39 Å². The van der Waals surface area contributed by atoms with Crippen LogP contribution in [0.5, 0.6) is 5.75 Å². The molecule has 1 N–H and O–H groups in total. The summed E-state index contributed by atoms with van der Waals surface area (Å²) in [6, 6.07) is 9.00. The third-order valence-corrected chi connectivity index (χ3v) is 4.96. The van der Waals surface area contributed by atoms with Crippen LogP contribution in [0.1, 0.15) is 0 Å². The van der Waals surface area contributed by atoms with Crippen LogP contribution in [0.3, 0.4) is 0 Å². The van der Waals surface area contributed by atoms with E-state index in [2.05, 4.69) is 4.98 Å². The Kier molecular flexibility index (Phi) is 2.82. The lowest BCUT2D eigenvalue weighted by Gasteiger charge is -2.27. The van der Waals surface area contributed by atoms with E-state index < -0.39 is 9.84 Å². The van der Waals surface area contributed by atoms with Gasteiger partial charge in [-0.25, -0.2) is 13.4 Å². The molecule has 1 saturated heterocycles. The van der Waals surface area contributed by atoms with E-state index in [9.17, 15) is 13.5 Å². The number of hydrogen-bond acceptors (Lipinski definition) is 5. The first-order valence-electron chi connectivity index (χ1n) is 6.09. The second-order valence-electron chi connectivity index (χ2n) is 4.66. The van der Waals surface area contributed by atoms with Gasteiger partial charge in [0.05, 0.1) is 11.5 Å². The number of aromatic hydroxyl groups is 1. The van der Waals surface area contributed by atoms with Crippen LogP contribution in [0, 0.1) is 0 Å². The molecule has 0 radical (unpaired) electrons. The average Bonchev–Trinajstić information content (AvgIpc) is 2.39. The Labute approximate surface area is 111 Å². The molecule has 2 heterocycles. The number of phenolic OH excluding ortho intramolecular Hbond substituents is 1. The van der Waals surface area contributed by atoms with Gasteiger partial charge in [-0.1, -0.05) is 12.1 Å². The summed E-state index contributed by atoms with van der Waals surface area (Å²) in [6.45, 7) is 0.906. The molecule has 0 unspecified atom stereocenters. The van der Waals surface area contributed by atoms with Crippen molar-refractivity contribution in [3.63, 3.8) is 0 Å². The Morgan fingerprint density at radius 3 is 2.58 bits per heavy atom. The SMILES string of the molecule is O=S1(=O)CCN(c2ccc3cccc(O)c3n2)CC1. The van der Waals surface area contributed by atoms with Crippen LogP contribution in [-0.4, -0.2) is 43.1 Å². The lowest BCUT2D eigenvalue weighted by molar-refractivity contribution is 0.480. The summed E-state index contributed by atoms with van der Waals surface area (Å²) in [5, 5.41) is 10.7. The summed E-state index contributed by atoms with van der Waals surface area (Å²) in [5.74, 6) is 1.17. The van der Waals surface area contributed by atoms with Crippen molar-refractivity contribution in [2.24, 2.45) is 0 Å². The summed E-state index contributed by atoms with van der Waals surface area (Å²) >= 11 is 0. The average molecular weight is 278 g/mol. The number of phenols is 1.